The zero-order valence-corrected chi connectivity index (χ0v) is 21.4. The summed E-state index contributed by atoms with van der Waals surface area (Å²) < 4.78 is 14.8. The number of pyridine rings is 1. The van der Waals surface area contributed by atoms with E-state index in [1.807, 2.05) is 58.1 Å². The Kier molecular flexibility index (Phi) is 6.86. The summed E-state index contributed by atoms with van der Waals surface area (Å²) in [4.78, 5) is 7.24. The summed E-state index contributed by atoms with van der Waals surface area (Å²) >= 11 is 6.09. The number of aliphatic hydroxyl groups excluding tert-OH is 1. The number of piperidine rings is 1. The smallest absolute Gasteiger partial charge is 0.178 e. The minimum Gasteiger partial charge on any atom is -0.395 e. The second kappa shape index (κ2) is 10.4. The first-order chi connectivity index (χ1) is 18.1. The Morgan fingerprint density at radius 2 is 1.86 bits per heavy atom. The first kappa shape index (κ1) is 24.4. The molecular weight excluding hydrogens is 492 g/mol. The van der Waals surface area contributed by atoms with Crippen LogP contribution in [0.5, 0.6) is 0 Å². The van der Waals surface area contributed by atoms with Crippen molar-refractivity contribution in [2.75, 3.05) is 37.8 Å². The molecule has 194 valence electrons. The Morgan fingerprint density at radius 1 is 1.08 bits per heavy atom. The lowest BCUT2D eigenvalue weighted by Crippen LogP contribution is -2.45. The molecule has 0 unspecified atom stereocenters. The molecule has 37 heavy (non-hydrogen) atoms. The number of fused-ring (bicyclic) bond motifs is 1. The van der Waals surface area contributed by atoms with Crippen molar-refractivity contribution in [2.24, 2.45) is 0 Å². The van der Waals surface area contributed by atoms with Crippen molar-refractivity contribution in [3.05, 3.63) is 77.0 Å². The molecular formula is C27H31ClN6O3. The molecule has 5 heterocycles. The summed E-state index contributed by atoms with van der Waals surface area (Å²) in [5.74, 6) is 0.761. The van der Waals surface area contributed by atoms with Gasteiger partial charge in [0.1, 0.15) is 0 Å². The fourth-order valence-electron chi connectivity index (χ4n) is 5.39. The van der Waals surface area contributed by atoms with Crippen molar-refractivity contribution >= 4 is 22.9 Å². The average Bonchev–Trinajstić information content (AvgIpc) is 3.69. The first-order valence-corrected chi connectivity index (χ1v) is 13.2. The van der Waals surface area contributed by atoms with Crippen LogP contribution in [-0.4, -0.2) is 68.7 Å². The SMILES string of the molecule is OCC1(c2ccc(Cl)cc2)CCN(c2cccn3nc(Cc4cnn(CCC5OCCO5)c4)nc23)CC1. The maximum Gasteiger partial charge on any atom is 0.178 e. The van der Waals surface area contributed by atoms with E-state index in [0.717, 1.165) is 67.2 Å². The van der Waals surface area contributed by atoms with Gasteiger partial charge in [0.2, 0.25) is 0 Å². The van der Waals surface area contributed by atoms with Crippen molar-refractivity contribution in [1.29, 1.82) is 0 Å². The average molecular weight is 523 g/mol. The molecule has 9 nitrogen and oxygen atoms in total. The molecule has 0 radical (unpaired) electrons. The normalized spacial score (nSPS) is 18.2. The first-order valence-electron chi connectivity index (χ1n) is 12.8. The molecule has 2 aliphatic rings. The van der Waals surface area contributed by atoms with E-state index in [1.54, 1.807) is 0 Å². The molecule has 2 saturated heterocycles. The number of hydrogen-bond donors (Lipinski definition) is 1. The minimum absolute atomic E-state index is 0.121. The van der Waals surface area contributed by atoms with Crippen LogP contribution in [-0.2, 0) is 27.9 Å². The quantitative estimate of drug-likeness (QED) is 0.379. The highest BCUT2D eigenvalue weighted by atomic mass is 35.5. The Labute approximate surface area is 220 Å². The van der Waals surface area contributed by atoms with E-state index in [0.29, 0.717) is 24.7 Å². The molecule has 2 aliphatic heterocycles. The summed E-state index contributed by atoms with van der Waals surface area (Å²) in [6, 6.07) is 12.0. The number of benzene rings is 1. The van der Waals surface area contributed by atoms with Crippen LogP contribution in [0.4, 0.5) is 5.69 Å². The van der Waals surface area contributed by atoms with Gasteiger partial charge in [-0.1, -0.05) is 23.7 Å². The maximum absolute atomic E-state index is 10.3. The predicted octanol–water partition coefficient (Wildman–Crippen LogP) is 3.46. The van der Waals surface area contributed by atoms with Crippen LogP contribution in [0.2, 0.25) is 5.02 Å². The molecule has 3 aromatic heterocycles. The molecule has 10 heteroatoms. The topological polar surface area (TPSA) is 89.9 Å². The summed E-state index contributed by atoms with van der Waals surface area (Å²) in [7, 11) is 0. The molecule has 0 aliphatic carbocycles. The largest absolute Gasteiger partial charge is 0.395 e. The van der Waals surface area contributed by atoms with Crippen LogP contribution >= 0.6 is 11.6 Å². The molecule has 6 rings (SSSR count). The number of aromatic nitrogens is 5. The zero-order valence-electron chi connectivity index (χ0n) is 20.7. The highest BCUT2D eigenvalue weighted by Crippen LogP contribution is 2.37. The molecule has 1 N–H and O–H groups in total. The number of ether oxygens (including phenoxy) is 2. The molecule has 4 aromatic rings. The van der Waals surface area contributed by atoms with Gasteiger partial charge in [-0.15, -0.1) is 0 Å². The van der Waals surface area contributed by atoms with E-state index in [-0.39, 0.29) is 18.3 Å². The molecule has 0 saturated carbocycles. The van der Waals surface area contributed by atoms with Crippen LogP contribution in [0.15, 0.2) is 55.0 Å². The van der Waals surface area contributed by atoms with Crippen molar-refractivity contribution in [1.82, 2.24) is 24.4 Å². The number of nitrogens with zero attached hydrogens (tertiary/aromatic N) is 6. The van der Waals surface area contributed by atoms with Crippen molar-refractivity contribution in [2.45, 2.75) is 43.9 Å². The van der Waals surface area contributed by atoms with Gasteiger partial charge in [0.15, 0.2) is 17.8 Å². The van der Waals surface area contributed by atoms with E-state index in [2.05, 4.69) is 16.1 Å². The van der Waals surface area contributed by atoms with Crippen LogP contribution in [0.1, 0.15) is 36.2 Å². The standard InChI is InChI=1S/C27H31ClN6O3/c28-22-5-3-21(4-6-22)27(19-35)8-12-32(13-9-27)23-2-1-10-34-26(23)30-24(31-34)16-20-17-29-33(18-20)11-7-25-36-14-15-37-25/h1-6,10,17-18,25,35H,7-9,11-16,19H2. The van der Waals surface area contributed by atoms with Gasteiger partial charge in [-0.25, -0.2) is 9.50 Å². The Bertz CT molecular complexity index is 1340. The van der Waals surface area contributed by atoms with Crippen LogP contribution in [0.3, 0.4) is 0 Å². The van der Waals surface area contributed by atoms with Gasteiger partial charge in [-0.2, -0.15) is 10.2 Å². The second-order valence-corrected chi connectivity index (χ2v) is 10.3. The van der Waals surface area contributed by atoms with Crippen LogP contribution in [0.25, 0.3) is 5.65 Å². The minimum atomic E-state index is -0.249. The van der Waals surface area contributed by atoms with Crippen LogP contribution in [0, 0.1) is 0 Å². The number of aryl methyl sites for hydroxylation is 1. The number of hydrogen-bond acceptors (Lipinski definition) is 7. The fourth-order valence-corrected chi connectivity index (χ4v) is 5.52. The van der Waals surface area contributed by atoms with E-state index in [4.69, 9.17) is 31.2 Å². The Hall–Kier alpha value is -2.98. The fraction of sp³-hybridized carbons (Fsp3) is 0.444. The van der Waals surface area contributed by atoms with Gasteiger partial charge in [0, 0.05) is 55.3 Å². The lowest BCUT2D eigenvalue weighted by molar-refractivity contribution is -0.0495. The number of rotatable bonds is 8. The van der Waals surface area contributed by atoms with E-state index in [9.17, 15) is 5.11 Å². The summed E-state index contributed by atoms with van der Waals surface area (Å²) in [5.41, 5.74) is 3.88. The molecule has 1 aromatic carbocycles. The van der Waals surface area contributed by atoms with Gasteiger partial charge in [0.05, 0.1) is 31.7 Å². The lowest BCUT2D eigenvalue weighted by atomic mass is 9.73. The Balaban J connectivity index is 1.14. The van der Waals surface area contributed by atoms with Gasteiger partial charge in [-0.05, 0) is 48.2 Å². The second-order valence-electron chi connectivity index (χ2n) is 9.87. The van der Waals surface area contributed by atoms with Gasteiger partial charge >= 0.3 is 0 Å². The van der Waals surface area contributed by atoms with Gasteiger partial charge in [0.25, 0.3) is 0 Å². The van der Waals surface area contributed by atoms with E-state index >= 15 is 0 Å². The Morgan fingerprint density at radius 3 is 2.62 bits per heavy atom. The summed E-state index contributed by atoms with van der Waals surface area (Å²) in [6.45, 7) is 3.85. The molecule has 0 bridgehead atoms. The van der Waals surface area contributed by atoms with Crippen LogP contribution < -0.4 is 4.90 Å². The third-order valence-corrected chi connectivity index (χ3v) is 7.79. The molecule has 0 spiro atoms. The third kappa shape index (κ3) is 5.09. The number of aliphatic hydroxyl groups is 1. The molecule has 2 fully saturated rings. The highest BCUT2D eigenvalue weighted by Gasteiger charge is 2.36. The summed E-state index contributed by atoms with van der Waals surface area (Å²) in [6.07, 6.45) is 8.82. The van der Waals surface area contributed by atoms with Crippen molar-refractivity contribution in [3.63, 3.8) is 0 Å². The molecule has 0 amide bonds. The molecule has 0 atom stereocenters. The third-order valence-electron chi connectivity index (χ3n) is 7.54. The summed E-state index contributed by atoms with van der Waals surface area (Å²) in [5, 5.41) is 20.3. The predicted molar refractivity (Wildman–Crippen MR) is 140 cm³/mol. The number of halogens is 1. The van der Waals surface area contributed by atoms with E-state index in [1.165, 1.54) is 0 Å². The monoisotopic (exact) mass is 522 g/mol. The van der Waals surface area contributed by atoms with Crippen molar-refractivity contribution < 1.29 is 14.6 Å². The zero-order chi connectivity index (χ0) is 25.2. The number of anilines is 1. The van der Waals surface area contributed by atoms with Gasteiger partial charge in [-0.3, -0.25) is 4.68 Å². The van der Waals surface area contributed by atoms with Crippen molar-refractivity contribution in [3.8, 4) is 0 Å². The van der Waals surface area contributed by atoms with Gasteiger partial charge < -0.3 is 19.5 Å². The van der Waals surface area contributed by atoms with E-state index < -0.39 is 0 Å². The highest BCUT2D eigenvalue weighted by molar-refractivity contribution is 6.30. The maximum atomic E-state index is 10.3. The lowest BCUT2D eigenvalue weighted by Gasteiger charge is -2.42.